The third-order valence-electron chi connectivity index (χ3n) is 3.38. The summed E-state index contributed by atoms with van der Waals surface area (Å²) in [4.78, 5) is 0. The molecule has 1 aromatic carbocycles. The fourth-order valence-electron chi connectivity index (χ4n) is 2.12. The summed E-state index contributed by atoms with van der Waals surface area (Å²) >= 11 is 0. The first-order chi connectivity index (χ1) is 8.36. The average Bonchev–Trinajstić information content (AvgIpc) is 2.25. The molecule has 2 nitrogen and oxygen atoms in total. The lowest BCUT2D eigenvalue weighted by Crippen LogP contribution is -2.18. The summed E-state index contributed by atoms with van der Waals surface area (Å²) in [6.45, 7) is 13.1. The molecule has 2 heteroatoms. The fraction of sp³-hybridized carbons (Fsp3) is 0.625. The van der Waals surface area contributed by atoms with Crippen molar-refractivity contribution < 1.29 is 5.11 Å². The van der Waals surface area contributed by atoms with Crippen LogP contribution in [0.15, 0.2) is 12.1 Å². The molecule has 0 radical (unpaired) electrons. The Hall–Kier alpha value is -0.860. The summed E-state index contributed by atoms with van der Waals surface area (Å²) < 4.78 is 0. The summed E-state index contributed by atoms with van der Waals surface area (Å²) in [6, 6.07) is 4.60. The van der Waals surface area contributed by atoms with Crippen LogP contribution < -0.4 is 5.32 Å². The first-order valence-corrected chi connectivity index (χ1v) is 6.78. The van der Waals surface area contributed by atoms with E-state index in [4.69, 9.17) is 5.11 Å². The highest BCUT2D eigenvalue weighted by Gasteiger charge is 2.15. The molecule has 0 amide bonds. The van der Waals surface area contributed by atoms with Crippen LogP contribution >= 0.6 is 0 Å². The van der Waals surface area contributed by atoms with Gasteiger partial charge in [0.2, 0.25) is 0 Å². The van der Waals surface area contributed by atoms with Gasteiger partial charge in [-0.15, -0.1) is 0 Å². The van der Waals surface area contributed by atoms with E-state index in [0.717, 1.165) is 19.5 Å². The van der Waals surface area contributed by atoms with Crippen LogP contribution in [0.1, 0.15) is 49.4 Å². The summed E-state index contributed by atoms with van der Waals surface area (Å²) in [6.07, 6.45) is 0.818. The van der Waals surface area contributed by atoms with Crippen molar-refractivity contribution >= 4 is 0 Å². The molecule has 18 heavy (non-hydrogen) atoms. The minimum absolute atomic E-state index is 0.207. The number of aryl methyl sites for hydroxylation is 2. The largest absolute Gasteiger partial charge is 0.396 e. The molecule has 0 aliphatic heterocycles. The predicted molar refractivity (Wildman–Crippen MR) is 78.0 cm³/mol. The molecule has 1 rings (SSSR count). The molecular weight excluding hydrogens is 222 g/mol. The number of aliphatic hydroxyl groups is 1. The number of aliphatic hydroxyl groups excluding tert-OH is 1. The van der Waals surface area contributed by atoms with Gasteiger partial charge < -0.3 is 10.4 Å². The summed E-state index contributed by atoms with van der Waals surface area (Å²) in [7, 11) is 0. The highest BCUT2D eigenvalue weighted by atomic mass is 16.3. The van der Waals surface area contributed by atoms with Gasteiger partial charge in [-0.3, -0.25) is 0 Å². The molecule has 0 bridgehead atoms. The van der Waals surface area contributed by atoms with Crippen molar-refractivity contribution in [2.75, 3.05) is 13.2 Å². The van der Waals surface area contributed by atoms with E-state index in [1.54, 1.807) is 0 Å². The van der Waals surface area contributed by atoms with Gasteiger partial charge in [0, 0.05) is 13.2 Å². The van der Waals surface area contributed by atoms with Crippen LogP contribution in [-0.2, 0) is 12.0 Å². The van der Waals surface area contributed by atoms with E-state index in [2.05, 4.69) is 52.1 Å². The lowest BCUT2D eigenvalue weighted by Gasteiger charge is -2.22. The summed E-state index contributed by atoms with van der Waals surface area (Å²) in [5.74, 6) is 0. The maximum absolute atomic E-state index is 8.76. The molecule has 102 valence electrons. The van der Waals surface area contributed by atoms with E-state index in [-0.39, 0.29) is 12.0 Å². The molecular formula is C16H27NO. The molecule has 2 N–H and O–H groups in total. The SMILES string of the molecule is Cc1cc(C(C)(C)C)cc(C)c1CNCCCO. The Morgan fingerprint density at radius 3 is 2.11 bits per heavy atom. The maximum atomic E-state index is 8.76. The molecule has 0 saturated carbocycles. The Morgan fingerprint density at radius 1 is 1.11 bits per heavy atom. The number of nitrogens with one attached hydrogen (secondary N) is 1. The average molecular weight is 249 g/mol. The topological polar surface area (TPSA) is 32.3 Å². The van der Waals surface area contributed by atoms with E-state index >= 15 is 0 Å². The van der Waals surface area contributed by atoms with Crippen LogP contribution in [0.3, 0.4) is 0 Å². The van der Waals surface area contributed by atoms with E-state index in [9.17, 15) is 0 Å². The standard InChI is InChI=1S/C16H27NO/c1-12-9-14(16(3,4)5)10-13(2)15(12)11-17-7-6-8-18/h9-10,17-18H,6-8,11H2,1-5H3. The van der Waals surface area contributed by atoms with Crippen LogP contribution in [0.25, 0.3) is 0 Å². The van der Waals surface area contributed by atoms with Gasteiger partial charge in [-0.05, 0) is 54.5 Å². The molecule has 0 spiro atoms. The van der Waals surface area contributed by atoms with Gasteiger partial charge in [0.15, 0.2) is 0 Å². The van der Waals surface area contributed by atoms with Crippen molar-refractivity contribution in [1.82, 2.24) is 5.32 Å². The van der Waals surface area contributed by atoms with E-state index in [1.807, 2.05) is 0 Å². The monoisotopic (exact) mass is 249 g/mol. The van der Waals surface area contributed by atoms with Crippen molar-refractivity contribution in [2.45, 2.75) is 53.0 Å². The highest BCUT2D eigenvalue weighted by Crippen LogP contribution is 2.26. The molecule has 0 saturated heterocycles. The molecule has 0 heterocycles. The van der Waals surface area contributed by atoms with E-state index in [0.29, 0.717) is 0 Å². The smallest absolute Gasteiger partial charge is 0.0443 e. The number of hydrogen-bond acceptors (Lipinski definition) is 2. The van der Waals surface area contributed by atoms with Crippen LogP contribution in [0.5, 0.6) is 0 Å². The zero-order valence-corrected chi connectivity index (χ0v) is 12.4. The second-order valence-corrected chi connectivity index (χ2v) is 6.09. The van der Waals surface area contributed by atoms with Crippen LogP contribution in [-0.4, -0.2) is 18.3 Å². The summed E-state index contributed by atoms with van der Waals surface area (Å²) in [5, 5.41) is 12.1. The van der Waals surface area contributed by atoms with Crippen LogP contribution in [0.2, 0.25) is 0 Å². The quantitative estimate of drug-likeness (QED) is 0.786. The van der Waals surface area contributed by atoms with Gasteiger partial charge in [0.05, 0.1) is 0 Å². The Morgan fingerprint density at radius 2 is 1.67 bits per heavy atom. The Labute approximate surface area is 111 Å². The van der Waals surface area contributed by atoms with E-state index < -0.39 is 0 Å². The molecule has 0 aliphatic carbocycles. The van der Waals surface area contributed by atoms with Gasteiger partial charge in [0.1, 0.15) is 0 Å². The lowest BCUT2D eigenvalue weighted by atomic mass is 9.84. The molecule has 0 unspecified atom stereocenters. The van der Waals surface area contributed by atoms with Crippen LogP contribution in [0, 0.1) is 13.8 Å². The molecule has 0 aromatic heterocycles. The van der Waals surface area contributed by atoms with Crippen molar-refractivity contribution in [3.63, 3.8) is 0 Å². The Kier molecular flexibility index (Phi) is 5.36. The third-order valence-corrected chi connectivity index (χ3v) is 3.38. The van der Waals surface area contributed by atoms with Gasteiger partial charge in [-0.25, -0.2) is 0 Å². The number of hydrogen-bond donors (Lipinski definition) is 2. The lowest BCUT2D eigenvalue weighted by molar-refractivity contribution is 0.286. The van der Waals surface area contributed by atoms with Crippen LogP contribution in [0.4, 0.5) is 0 Å². The molecule has 0 fully saturated rings. The molecule has 0 atom stereocenters. The Balaban J connectivity index is 2.82. The van der Waals surface area contributed by atoms with Crippen molar-refractivity contribution in [3.8, 4) is 0 Å². The zero-order valence-electron chi connectivity index (χ0n) is 12.4. The number of benzene rings is 1. The second-order valence-electron chi connectivity index (χ2n) is 6.09. The Bertz CT molecular complexity index is 368. The minimum Gasteiger partial charge on any atom is -0.396 e. The van der Waals surface area contributed by atoms with Gasteiger partial charge in [-0.2, -0.15) is 0 Å². The normalized spacial score (nSPS) is 11.9. The second kappa shape index (κ2) is 6.35. The van der Waals surface area contributed by atoms with Crippen molar-refractivity contribution in [1.29, 1.82) is 0 Å². The summed E-state index contributed by atoms with van der Waals surface area (Å²) in [5.41, 5.74) is 5.71. The minimum atomic E-state index is 0.207. The fourth-order valence-corrected chi connectivity index (χ4v) is 2.12. The van der Waals surface area contributed by atoms with E-state index in [1.165, 1.54) is 22.3 Å². The van der Waals surface area contributed by atoms with Crippen molar-refractivity contribution in [2.24, 2.45) is 0 Å². The molecule has 1 aromatic rings. The first kappa shape index (κ1) is 15.2. The molecule has 0 aliphatic rings. The third kappa shape index (κ3) is 4.11. The zero-order chi connectivity index (χ0) is 13.8. The van der Waals surface area contributed by atoms with Crippen molar-refractivity contribution in [3.05, 3.63) is 34.4 Å². The van der Waals surface area contributed by atoms with Gasteiger partial charge >= 0.3 is 0 Å². The first-order valence-electron chi connectivity index (χ1n) is 6.78. The number of rotatable bonds is 5. The van der Waals surface area contributed by atoms with Gasteiger partial charge in [-0.1, -0.05) is 32.9 Å². The highest BCUT2D eigenvalue weighted by molar-refractivity contribution is 5.40. The predicted octanol–water partition coefficient (Wildman–Crippen LogP) is 3.07. The maximum Gasteiger partial charge on any atom is 0.0443 e. The van der Waals surface area contributed by atoms with Gasteiger partial charge in [0.25, 0.3) is 0 Å².